The third-order valence-corrected chi connectivity index (χ3v) is 5.13. The number of hydrogen-bond acceptors (Lipinski definition) is 5. The Morgan fingerprint density at radius 3 is 2.30 bits per heavy atom. The van der Waals surface area contributed by atoms with Crippen LogP contribution in [0.3, 0.4) is 0 Å². The number of carbonyl (C=O) groups is 3. The summed E-state index contributed by atoms with van der Waals surface area (Å²) in [6.07, 6.45) is 2.66. The summed E-state index contributed by atoms with van der Waals surface area (Å²) in [5.74, 6) is -1.18. The molecule has 1 aliphatic rings. The zero-order chi connectivity index (χ0) is 23.4. The van der Waals surface area contributed by atoms with Crippen LogP contribution >= 0.6 is 0 Å². The molecule has 0 aliphatic heterocycles. The molecule has 4 rings (SSSR count). The van der Waals surface area contributed by atoms with E-state index in [4.69, 9.17) is 0 Å². The van der Waals surface area contributed by atoms with Gasteiger partial charge in [0.2, 0.25) is 0 Å². The highest BCUT2D eigenvalue weighted by Crippen LogP contribution is 2.19. The maximum Gasteiger partial charge on any atom is 0.319 e. The van der Waals surface area contributed by atoms with Crippen molar-refractivity contribution in [2.75, 3.05) is 5.32 Å². The number of benzene rings is 2. The Bertz CT molecular complexity index is 1260. The van der Waals surface area contributed by atoms with Gasteiger partial charge in [0.05, 0.1) is 5.39 Å². The Kier molecular flexibility index (Phi) is 6.34. The molecule has 0 spiro atoms. The molecule has 1 aliphatic carbocycles. The van der Waals surface area contributed by atoms with Crippen molar-refractivity contribution in [2.24, 2.45) is 0 Å². The summed E-state index contributed by atoms with van der Waals surface area (Å²) >= 11 is 0. The average Bonchev–Trinajstić information content (AvgIpc) is 3.63. The zero-order valence-electron chi connectivity index (χ0n) is 18.1. The van der Waals surface area contributed by atoms with Crippen LogP contribution in [0.2, 0.25) is 0 Å². The second-order valence-electron chi connectivity index (χ2n) is 7.78. The molecule has 1 fully saturated rings. The standard InChI is InChI=1S/C23H24N6O4/c1-2-13-29-22(32)18-6-4-3-5-17(18)19(28-29)21(31)27-26-20(30)14-7-9-15(10-8-14)24-23(33)25-16-11-12-16/h3-10,16H,2,11-13H2,1H3,(H,26,30)(H,27,31)(H2,24,25,33). The molecule has 3 aromatic rings. The molecule has 10 nitrogen and oxygen atoms in total. The minimum atomic E-state index is -0.639. The maximum atomic E-state index is 12.8. The number of anilines is 1. The van der Waals surface area contributed by atoms with Gasteiger partial charge in [-0.2, -0.15) is 5.10 Å². The molecular formula is C23H24N6O4. The molecule has 4 N–H and O–H groups in total. The molecule has 0 atom stereocenters. The predicted molar refractivity (Wildman–Crippen MR) is 123 cm³/mol. The summed E-state index contributed by atoms with van der Waals surface area (Å²) in [5.41, 5.74) is 5.32. The first-order chi connectivity index (χ1) is 16.0. The lowest BCUT2D eigenvalue weighted by Crippen LogP contribution is -2.42. The molecule has 4 amide bonds. The van der Waals surface area contributed by atoms with Crippen molar-refractivity contribution in [1.29, 1.82) is 0 Å². The average molecular weight is 448 g/mol. The number of hydrogen-bond donors (Lipinski definition) is 4. The number of nitrogens with one attached hydrogen (secondary N) is 4. The van der Waals surface area contributed by atoms with E-state index < -0.39 is 11.8 Å². The fraction of sp³-hybridized carbons (Fsp3) is 0.261. The van der Waals surface area contributed by atoms with Gasteiger partial charge >= 0.3 is 6.03 Å². The van der Waals surface area contributed by atoms with Gasteiger partial charge in [-0.1, -0.05) is 25.1 Å². The van der Waals surface area contributed by atoms with Crippen LogP contribution < -0.4 is 27.0 Å². The number of urea groups is 1. The quantitative estimate of drug-likeness (QED) is 0.429. The summed E-state index contributed by atoms with van der Waals surface area (Å²) in [6.45, 7) is 2.28. The van der Waals surface area contributed by atoms with E-state index in [9.17, 15) is 19.2 Å². The van der Waals surface area contributed by atoms with Crippen molar-refractivity contribution >= 4 is 34.3 Å². The minimum Gasteiger partial charge on any atom is -0.335 e. The van der Waals surface area contributed by atoms with E-state index >= 15 is 0 Å². The molecule has 170 valence electrons. The Morgan fingerprint density at radius 2 is 1.64 bits per heavy atom. The van der Waals surface area contributed by atoms with Crippen molar-refractivity contribution in [3.63, 3.8) is 0 Å². The Labute approximate surface area is 189 Å². The fourth-order valence-electron chi connectivity index (χ4n) is 3.30. The third-order valence-electron chi connectivity index (χ3n) is 5.13. The maximum absolute atomic E-state index is 12.8. The monoisotopic (exact) mass is 448 g/mol. The van der Waals surface area contributed by atoms with E-state index in [0.29, 0.717) is 29.4 Å². The normalized spacial score (nSPS) is 12.8. The first kappa shape index (κ1) is 22.0. The molecule has 1 saturated carbocycles. The van der Waals surface area contributed by atoms with Crippen molar-refractivity contribution in [1.82, 2.24) is 25.9 Å². The van der Waals surface area contributed by atoms with Crippen LogP contribution in [0.1, 0.15) is 47.0 Å². The van der Waals surface area contributed by atoms with Crippen molar-refractivity contribution in [3.8, 4) is 0 Å². The van der Waals surface area contributed by atoms with E-state index in [1.54, 1.807) is 36.4 Å². The number of carbonyl (C=O) groups excluding carboxylic acids is 3. The molecule has 1 aromatic heterocycles. The predicted octanol–water partition coefficient (Wildman–Crippen LogP) is 2.17. The number of aromatic nitrogens is 2. The number of hydrazine groups is 1. The first-order valence-electron chi connectivity index (χ1n) is 10.7. The zero-order valence-corrected chi connectivity index (χ0v) is 18.1. The van der Waals surface area contributed by atoms with Gasteiger partial charge in [-0.3, -0.25) is 25.2 Å². The van der Waals surface area contributed by atoms with Gasteiger partial charge in [0, 0.05) is 29.2 Å². The van der Waals surface area contributed by atoms with E-state index in [1.165, 1.54) is 16.8 Å². The topological polar surface area (TPSA) is 134 Å². The molecular weight excluding hydrogens is 424 g/mol. The second kappa shape index (κ2) is 9.51. The van der Waals surface area contributed by atoms with E-state index in [-0.39, 0.29) is 28.9 Å². The van der Waals surface area contributed by atoms with Crippen LogP contribution in [0.25, 0.3) is 10.8 Å². The van der Waals surface area contributed by atoms with Crippen LogP contribution in [0.4, 0.5) is 10.5 Å². The van der Waals surface area contributed by atoms with E-state index in [2.05, 4.69) is 26.6 Å². The highest BCUT2D eigenvalue weighted by molar-refractivity contribution is 6.06. The fourth-order valence-corrected chi connectivity index (χ4v) is 3.30. The summed E-state index contributed by atoms with van der Waals surface area (Å²) in [5, 5.41) is 10.5. The smallest absolute Gasteiger partial charge is 0.319 e. The lowest BCUT2D eigenvalue weighted by molar-refractivity contribution is 0.0843. The SMILES string of the molecule is CCCn1nc(C(=O)NNC(=O)c2ccc(NC(=O)NC3CC3)cc2)c2ccccc2c1=O. The highest BCUT2D eigenvalue weighted by atomic mass is 16.2. The van der Waals surface area contributed by atoms with Gasteiger partial charge in [0.25, 0.3) is 17.4 Å². The Morgan fingerprint density at radius 1 is 0.970 bits per heavy atom. The minimum absolute atomic E-state index is 0.0418. The Balaban J connectivity index is 1.42. The van der Waals surface area contributed by atoms with Crippen LogP contribution in [-0.2, 0) is 6.54 Å². The van der Waals surface area contributed by atoms with Crippen LogP contribution in [0.5, 0.6) is 0 Å². The summed E-state index contributed by atoms with van der Waals surface area (Å²) < 4.78 is 1.25. The van der Waals surface area contributed by atoms with Crippen LogP contribution in [-0.4, -0.2) is 33.7 Å². The molecule has 1 heterocycles. The van der Waals surface area contributed by atoms with Gasteiger partial charge in [-0.15, -0.1) is 0 Å². The van der Waals surface area contributed by atoms with E-state index in [1.807, 2.05) is 6.92 Å². The van der Waals surface area contributed by atoms with Gasteiger partial charge in [-0.25, -0.2) is 9.48 Å². The largest absolute Gasteiger partial charge is 0.335 e. The van der Waals surface area contributed by atoms with Crippen molar-refractivity contribution in [3.05, 3.63) is 70.1 Å². The van der Waals surface area contributed by atoms with Crippen molar-refractivity contribution in [2.45, 2.75) is 38.8 Å². The lowest BCUT2D eigenvalue weighted by atomic mass is 10.1. The molecule has 10 heteroatoms. The molecule has 33 heavy (non-hydrogen) atoms. The molecule has 0 saturated heterocycles. The molecule has 2 aromatic carbocycles. The van der Waals surface area contributed by atoms with Gasteiger partial charge in [0.1, 0.15) is 0 Å². The number of nitrogens with zero attached hydrogens (tertiary/aromatic N) is 2. The van der Waals surface area contributed by atoms with Crippen LogP contribution in [0.15, 0.2) is 53.3 Å². The van der Waals surface area contributed by atoms with Gasteiger partial charge in [0.15, 0.2) is 5.69 Å². The summed E-state index contributed by atoms with van der Waals surface area (Å²) in [4.78, 5) is 49.6. The lowest BCUT2D eigenvalue weighted by Gasteiger charge is -2.12. The third kappa shape index (κ3) is 5.17. The summed E-state index contributed by atoms with van der Waals surface area (Å²) in [7, 11) is 0. The van der Waals surface area contributed by atoms with E-state index in [0.717, 1.165) is 12.8 Å². The highest BCUT2D eigenvalue weighted by Gasteiger charge is 2.23. The number of amides is 4. The molecule has 0 unspecified atom stereocenters. The Hall–Kier alpha value is -4.21. The number of fused-ring (bicyclic) bond motifs is 1. The first-order valence-corrected chi connectivity index (χ1v) is 10.7. The number of rotatable bonds is 6. The molecule has 0 radical (unpaired) electrons. The van der Waals surface area contributed by atoms with Gasteiger partial charge < -0.3 is 10.6 Å². The second-order valence-corrected chi connectivity index (χ2v) is 7.78. The summed E-state index contributed by atoms with van der Waals surface area (Å²) in [6, 6.07) is 12.9. The van der Waals surface area contributed by atoms with Crippen LogP contribution in [0, 0.1) is 0 Å². The van der Waals surface area contributed by atoms with Gasteiger partial charge in [-0.05, 0) is 49.6 Å². The van der Waals surface area contributed by atoms with Crippen molar-refractivity contribution < 1.29 is 14.4 Å². The number of aryl methyl sites for hydroxylation is 1. The molecule has 0 bridgehead atoms.